The number of nitrogens with zero attached hydrogens (tertiary/aromatic N) is 3. The van der Waals surface area contributed by atoms with Crippen molar-refractivity contribution in [1.29, 1.82) is 0 Å². The van der Waals surface area contributed by atoms with Crippen LogP contribution < -0.4 is 5.32 Å². The smallest absolute Gasteiger partial charge is 0.145 e. The predicted octanol–water partition coefficient (Wildman–Crippen LogP) is 1.18. The molecule has 0 aromatic carbocycles. The van der Waals surface area contributed by atoms with E-state index in [9.17, 15) is 0 Å². The summed E-state index contributed by atoms with van der Waals surface area (Å²) in [4.78, 5) is 4.49. The van der Waals surface area contributed by atoms with Crippen molar-refractivity contribution in [2.75, 3.05) is 0 Å². The van der Waals surface area contributed by atoms with Gasteiger partial charge in [-0.15, -0.1) is 11.3 Å². The third kappa shape index (κ3) is 2.05. The van der Waals surface area contributed by atoms with Crippen LogP contribution in [0.25, 0.3) is 10.7 Å². The zero-order valence-corrected chi connectivity index (χ0v) is 8.92. The first kappa shape index (κ1) is 8.99. The highest BCUT2D eigenvalue weighted by atomic mass is 32.1. The van der Waals surface area contributed by atoms with Gasteiger partial charge in [-0.1, -0.05) is 0 Å². The minimum Gasteiger partial charge on any atom is -0.308 e. The first-order valence-corrected chi connectivity index (χ1v) is 5.84. The number of H-pyrrole nitrogens is 1. The molecule has 0 atom stereocenters. The highest BCUT2D eigenvalue weighted by Gasteiger charge is 2.20. The number of nitrogens with one attached hydrogen (secondary N) is 2. The standard InChI is InChI=1S/C9H11N5S/c1-2-6(1)10-3-7-5-15-9(12-7)8-4-11-14-13-8/h4-6,10H,1-3H2,(H,11,13,14). The maximum Gasteiger partial charge on any atom is 0.145 e. The Morgan fingerprint density at radius 2 is 2.47 bits per heavy atom. The van der Waals surface area contributed by atoms with Gasteiger partial charge in [0.2, 0.25) is 0 Å². The predicted molar refractivity (Wildman–Crippen MR) is 57.4 cm³/mol. The van der Waals surface area contributed by atoms with Gasteiger partial charge in [0.1, 0.15) is 10.7 Å². The first-order chi connectivity index (χ1) is 7.42. The summed E-state index contributed by atoms with van der Waals surface area (Å²) in [5.74, 6) is 0. The van der Waals surface area contributed by atoms with Gasteiger partial charge in [-0.2, -0.15) is 15.4 Å². The zero-order valence-electron chi connectivity index (χ0n) is 8.10. The topological polar surface area (TPSA) is 66.5 Å². The lowest BCUT2D eigenvalue weighted by Crippen LogP contribution is -2.15. The number of rotatable bonds is 4. The fourth-order valence-electron chi connectivity index (χ4n) is 1.35. The van der Waals surface area contributed by atoms with E-state index in [2.05, 4.69) is 31.1 Å². The quantitative estimate of drug-likeness (QED) is 0.813. The normalized spacial score (nSPS) is 15.7. The highest BCUT2D eigenvalue weighted by molar-refractivity contribution is 7.13. The van der Waals surface area contributed by atoms with E-state index in [-0.39, 0.29) is 0 Å². The van der Waals surface area contributed by atoms with E-state index in [1.54, 1.807) is 17.5 Å². The van der Waals surface area contributed by atoms with Crippen LogP contribution in [0.3, 0.4) is 0 Å². The molecule has 1 aliphatic rings. The van der Waals surface area contributed by atoms with Crippen LogP contribution in [0.4, 0.5) is 0 Å². The Balaban J connectivity index is 1.69. The van der Waals surface area contributed by atoms with Gasteiger partial charge in [0.15, 0.2) is 0 Å². The third-order valence-corrected chi connectivity index (χ3v) is 3.25. The first-order valence-electron chi connectivity index (χ1n) is 4.96. The summed E-state index contributed by atoms with van der Waals surface area (Å²) < 4.78 is 0. The highest BCUT2D eigenvalue weighted by Crippen LogP contribution is 2.22. The van der Waals surface area contributed by atoms with Gasteiger partial charge in [0.25, 0.3) is 0 Å². The van der Waals surface area contributed by atoms with Crippen molar-refractivity contribution in [2.45, 2.75) is 25.4 Å². The summed E-state index contributed by atoms with van der Waals surface area (Å²) in [5, 5.41) is 16.8. The molecule has 0 saturated heterocycles. The average Bonchev–Trinajstić information content (AvgIpc) is 2.78. The molecule has 2 aromatic rings. The van der Waals surface area contributed by atoms with Gasteiger partial charge >= 0.3 is 0 Å². The van der Waals surface area contributed by atoms with E-state index in [0.717, 1.165) is 29.0 Å². The molecule has 5 nitrogen and oxygen atoms in total. The Bertz CT molecular complexity index is 431. The fourth-order valence-corrected chi connectivity index (χ4v) is 2.12. The monoisotopic (exact) mass is 221 g/mol. The molecule has 2 aromatic heterocycles. The van der Waals surface area contributed by atoms with Crippen LogP contribution in [-0.2, 0) is 6.54 Å². The molecule has 6 heteroatoms. The van der Waals surface area contributed by atoms with Gasteiger partial charge in [0, 0.05) is 18.0 Å². The second-order valence-electron chi connectivity index (χ2n) is 3.65. The van der Waals surface area contributed by atoms with Gasteiger partial charge in [-0.25, -0.2) is 4.98 Å². The number of aromatic amines is 1. The van der Waals surface area contributed by atoms with Crippen molar-refractivity contribution in [3.63, 3.8) is 0 Å². The molecule has 1 fully saturated rings. The SMILES string of the molecule is c1sc(-c2cn[nH]n2)nc1CNC1CC1. The summed E-state index contributed by atoms with van der Waals surface area (Å²) in [6, 6.07) is 0.724. The van der Waals surface area contributed by atoms with E-state index >= 15 is 0 Å². The van der Waals surface area contributed by atoms with E-state index in [0.29, 0.717) is 0 Å². The Hall–Kier alpha value is -1.27. The number of thiazole rings is 1. The molecule has 0 unspecified atom stereocenters. The average molecular weight is 221 g/mol. The van der Waals surface area contributed by atoms with Crippen LogP contribution in [0.15, 0.2) is 11.6 Å². The minimum atomic E-state index is 0.724. The van der Waals surface area contributed by atoms with Crippen LogP contribution in [0.5, 0.6) is 0 Å². The van der Waals surface area contributed by atoms with Crippen LogP contribution in [0.1, 0.15) is 18.5 Å². The van der Waals surface area contributed by atoms with Crippen molar-refractivity contribution in [1.82, 2.24) is 25.7 Å². The summed E-state index contributed by atoms with van der Waals surface area (Å²) in [6.07, 6.45) is 4.30. The van der Waals surface area contributed by atoms with Crippen molar-refractivity contribution < 1.29 is 0 Å². The zero-order chi connectivity index (χ0) is 10.1. The maximum absolute atomic E-state index is 4.49. The molecule has 3 rings (SSSR count). The number of aromatic nitrogens is 4. The van der Waals surface area contributed by atoms with Crippen LogP contribution >= 0.6 is 11.3 Å². The van der Waals surface area contributed by atoms with E-state index in [4.69, 9.17) is 0 Å². The van der Waals surface area contributed by atoms with Crippen LogP contribution in [0, 0.1) is 0 Å². The maximum atomic E-state index is 4.49. The van der Waals surface area contributed by atoms with Crippen LogP contribution in [-0.4, -0.2) is 26.4 Å². The van der Waals surface area contributed by atoms with Crippen molar-refractivity contribution >= 4 is 11.3 Å². The Morgan fingerprint density at radius 1 is 1.53 bits per heavy atom. The molecule has 0 radical (unpaired) electrons. The number of hydrogen-bond donors (Lipinski definition) is 2. The summed E-state index contributed by atoms with van der Waals surface area (Å²) in [5.41, 5.74) is 1.91. The molecule has 0 aliphatic heterocycles. The molecule has 1 saturated carbocycles. The molecule has 1 aliphatic carbocycles. The van der Waals surface area contributed by atoms with E-state index in [1.807, 2.05) is 0 Å². The lowest BCUT2D eigenvalue weighted by Gasteiger charge is -1.96. The lowest BCUT2D eigenvalue weighted by molar-refractivity contribution is 0.677. The fraction of sp³-hybridized carbons (Fsp3) is 0.444. The molecule has 2 heterocycles. The van der Waals surface area contributed by atoms with Gasteiger partial charge in [-0.3, -0.25) is 0 Å². The van der Waals surface area contributed by atoms with Gasteiger partial charge < -0.3 is 5.32 Å². The minimum absolute atomic E-state index is 0.724. The van der Waals surface area contributed by atoms with E-state index < -0.39 is 0 Å². The largest absolute Gasteiger partial charge is 0.308 e. The third-order valence-electron chi connectivity index (χ3n) is 2.34. The van der Waals surface area contributed by atoms with Gasteiger partial charge in [0.05, 0.1) is 11.9 Å². The Kier molecular flexibility index (Phi) is 2.22. The molecule has 0 bridgehead atoms. The lowest BCUT2D eigenvalue weighted by atomic mass is 10.4. The summed E-state index contributed by atoms with van der Waals surface area (Å²) in [6.45, 7) is 0.860. The molecule has 15 heavy (non-hydrogen) atoms. The molecular weight excluding hydrogens is 210 g/mol. The van der Waals surface area contributed by atoms with Crippen LogP contribution in [0.2, 0.25) is 0 Å². The van der Waals surface area contributed by atoms with E-state index in [1.165, 1.54) is 12.8 Å². The number of hydrogen-bond acceptors (Lipinski definition) is 5. The van der Waals surface area contributed by atoms with Crippen molar-refractivity contribution in [3.8, 4) is 10.7 Å². The van der Waals surface area contributed by atoms with Crippen molar-refractivity contribution in [2.24, 2.45) is 0 Å². The second-order valence-corrected chi connectivity index (χ2v) is 4.51. The molecule has 0 amide bonds. The summed E-state index contributed by atoms with van der Waals surface area (Å²) in [7, 11) is 0. The van der Waals surface area contributed by atoms with Gasteiger partial charge in [-0.05, 0) is 12.8 Å². The molecule has 78 valence electrons. The second kappa shape index (κ2) is 3.71. The molecule has 0 spiro atoms. The molecule has 2 N–H and O–H groups in total. The Morgan fingerprint density at radius 3 is 3.20 bits per heavy atom. The van der Waals surface area contributed by atoms with Crippen molar-refractivity contribution in [3.05, 3.63) is 17.3 Å². The Labute approximate surface area is 90.9 Å². The molecular formula is C9H11N5S. The summed E-state index contributed by atoms with van der Waals surface area (Å²) >= 11 is 1.61.